The highest BCUT2D eigenvalue weighted by atomic mass is 32.2. The molecule has 1 N–H and O–H groups in total. The third-order valence-corrected chi connectivity index (χ3v) is 5.45. The fourth-order valence-electron chi connectivity index (χ4n) is 2.28. The Labute approximate surface area is 125 Å². The number of β-amino-alcohol motifs (C(OH)–C–C–N with tert-alkyl or cyclic N) is 1. The zero-order chi connectivity index (χ0) is 15.8. The van der Waals surface area contributed by atoms with E-state index in [0.29, 0.717) is 25.1 Å². The van der Waals surface area contributed by atoms with Crippen LogP contribution in [0.2, 0.25) is 0 Å². The Kier molecular flexibility index (Phi) is 4.10. The van der Waals surface area contributed by atoms with E-state index in [1.165, 1.54) is 38.4 Å². The maximum absolute atomic E-state index is 12.3. The molecule has 1 aromatic carbocycles. The Morgan fingerprint density at radius 1 is 1.29 bits per heavy atom. The molecule has 0 spiro atoms. The Hall–Kier alpha value is -1.44. The topological polar surface area (TPSA) is 77.9 Å². The van der Waals surface area contributed by atoms with E-state index in [0.717, 1.165) is 4.31 Å². The Bertz CT molecular complexity index is 635. The van der Waals surface area contributed by atoms with Crippen LogP contribution in [-0.4, -0.2) is 61.4 Å². The van der Waals surface area contributed by atoms with Crippen molar-refractivity contribution in [2.45, 2.75) is 23.8 Å². The zero-order valence-corrected chi connectivity index (χ0v) is 13.2. The van der Waals surface area contributed by atoms with Crippen molar-refractivity contribution in [1.29, 1.82) is 0 Å². The van der Waals surface area contributed by atoms with Crippen LogP contribution < -0.4 is 0 Å². The highest BCUT2D eigenvalue weighted by Gasteiger charge is 2.34. The van der Waals surface area contributed by atoms with Gasteiger partial charge >= 0.3 is 0 Å². The predicted octanol–water partition coefficient (Wildman–Crippen LogP) is 0.534. The van der Waals surface area contributed by atoms with Crippen LogP contribution in [0.3, 0.4) is 0 Å². The van der Waals surface area contributed by atoms with Gasteiger partial charge in [0, 0.05) is 32.7 Å². The number of sulfonamides is 1. The predicted molar refractivity (Wildman–Crippen MR) is 78.5 cm³/mol. The first-order valence-electron chi connectivity index (χ1n) is 6.68. The second-order valence-corrected chi connectivity index (χ2v) is 7.94. The molecule has 2 rings (SSSR count). The van der Waals surface area contributed by atoms with Crippen molar-refractivity contribution in [3.63, 3.8) is 0 Å². The van der Waals surface area contributed by atoms with Gasteiger partial charge in [-0.1, -0.05) is 0 Å². The standard InChI is InChI=1S/C14H20N2O4S/c1-14(18)8-9-16(10-14)13(17)11-4-6-12(7-5-11)21(19,20)15(2)3/h4-7,18H,8-10H2,1-3H3. The minimum Gasteiger partial charge on any atom is -0.388 e. The van der Waals surface area contributed by atoms with Crippen molar-refractivity contribution in [2.75, 3.05) is 27.2 Å². The van der Waals surface area contributed by atoms with E-state index >= 15 is 0 Å². The van der Waals surface area contributed by atoms with Gasteiger partial charge in [0.25, 0.3) is 5.91 Å². The Balaban J connectivity index is 2.19. The smallest absolute Gasteiger partial charge is 0.253 e. The quantitative estimate of drug-likeness (QED) is 0.883. The number of amides is 1. The molecule has 1 heterocycles. The van der Waals surface area contributed by atoms with Crippen LogP contribution in [0.1, 0.15) is 23.7 Å². The molecule has 1 saturated heterocycles. The summed E-state index contributed by atoms with van der Waals surface area (Å²) in [5, 5.41) is 9.89. The van der Waals surface area contributed by atoms with Gasteiger partial charge in [0.15, 0.2) is 0 Å². The van der Waals surface area contributed by atoms with Crippen LogP contribution in [0.25, 0.3) is 0 Å². The van der Waals surface area contributed by atoms with Crippen molar-refractivity contribution in [1.82, 2.24) is 9.21 Å². The van der Waals surface area contributed by atoms with Crippen molar-refractivity contribution in [3.8, 4) is 0 Å². The first-order chi connectivity index (χ1) is 9.63. The van der Waals surface area contributed by atoms with Gasteiger partial charge in [-0.15, -0.1) is 0 Å². The van der Waals surface area contributed by atoms with E-state index in [4.69, 9.17) is 0 Å². The molecule has 116 valence electrons. The zero-order valence-electron chi connectivity index (χ0n) is 12.4. The fourth-order valence-corrected chi connectivity index (χ4v) is 3.18. The second-order valence-electron chi connectivity index (χ2n) is 5.79. The van der Waals surface area contributed by atoms with Gasteiger partial charge in [-0.2, -0.15) is 0 Å². The number of carbonyl (C=O) groups is 1. The summed E-state index contributed by atoms with van der Waals surface area (Å²) >= 11 is 0. The second kappa shape index (κ2) is 5.40. The molecule has 0 bridgehead atoms. The average molecular weight is 312 g/mol. The summed E-state index contributed by atoms with van der Waals surface area (Å²) in [4.78, 5) is 14.0. The lowest BCUT2D eigenvalue weighted by Crippen LogP contribution is -2.33. The van der Waals surface area contributed by atoms with Crippen molar-refractivity contribution in [3.05, 3.63) is 29.8 Å². The molecule has 1 amide bonds. The summed E-state index contributed by atoms with van der Waals surface area (Å²) in [5.41, 5.74) is -0.422. The average Bonchev–Trinajstić information content (AvgIpc) is 2.78. The molecule has 1 atom stereocenters. The van der Waals surface area contributed by atoms with E-state index in [1.807, 2.05) is 0 Å². The molecule has 0 saturated carbocycles. The van der Waals surface area contributed by atoms with Crippen LogP contribution >= 0.6 is 0 Å². The molecule has 7 heteroatoms. The number of nitrogens with zero attached hydrogens (tertiary/aromatic N) is 2. The van der Waals surface area contributed by atoms with Gasteiger partial charge in [-0.05, 0) is 37.6 Å². The van der Waals surface area contributed by atoms with E-state index in [-0.39, 0.29) is 10.8 Å². The molecule has 1 aromatic rings. The highest BCUT2D eigenvalue weighted by molar-refractivity contribution is 7.89. The van der Waals surface area contributed by atoms with Gasteiger partial charge in [0.1, 0.15) is 0 Å². The third-order valence-electron chi connectivity index (χ3n) is 3.62. The van der Waals surface area contributed by atoms with E-state index < -0.39 is 15.6 Å². The summed E-state index contributed by atoms with van der Waals surface area (Å²) in [6.07, 6.45) is 0.547. The molecule has 1 fully saturated rings. The molecule has 0 radical (unpaired) electrons. The van der Waals surface area contributed by atoms with Crippen molar-refractivity contribution in [2.24, 2.45) is 0 Å². The normalized spacial score (nSPS) is 22.8. The molecular formula is C14H20N2O4S. The lowest BCUT2D eigenvalue weighted by Gasteiger charge is -2.19. The van der Waals surface area contributed by atoms with Crippen LogP contribution in [0, 0.1) is 0 Å². The monoisotopic (exact) mass is 312 g/mol. The van der Waals surface area contributed by atoms with Crippen molar-refractivity contribution < 1.29 is 18.3 Å². The number of rotatable bonds is 3. The van der Waals surface area contributed by atoms with Gasteiger partial charge < -0.3 is 10.0 Å². The number of carbonyl (C=O) groups excluding carboxylic acids is 1. The molecule has 0 aliphatic carbocycles. The molecule has 21 heavy (non-hydrogen) atoms. The lowest BCUT2D eigenvalue weighted by molar-refractivity contribution is 0.0572. The molecule has 1 unspecified atom stereocenters. The van der Waals surface area contributed by atoms with Crippen LogP contribution in [0.15, 0.2) is 29.2 Å². The lowest BCUT2D eigenvalue weighted by atomic mass is 10.1. The molecule has 0 aromatic heterocycles. The number of likely N-dealkylation sites (tertiary alicyclic amines) is 1. The fraction of sp³-hybridized carbons (Fsp3) is 0.500. The first kappa shape index (κ1) is 15.9. The van der Waals surface area contributed by atoms with Crippen LogP contribution in [0.4, 0.5) is 0 Å². The molecule has 1 aliphatic heterocycles. The summed E-state index contributed by atoms with van der Waals surface area (Å²) in [7, 11) is -0.570. The van der Waals surface area contributed by atoms with Crippen molar-refractivity contribution >= 4 is 15.9 Å². The minimum atomic E-state index is -3.49. The number of hydrogen-bond acceptors (Lipinski definition) is 4. The van der Waals surface area contributed by atoms with Gasteiger partial charge in [-0.25, -0.2) is 12.7 Å². The SMILES string of the molecule is CN(C)S(=O)(=O)c1ccc(C(=O)N2CCC(C)(O)C2)cc1. The molecular weight excluding hydrogens is 292 g/mol. The largest absolute Gasteiger partial charge is 0.388 e. The van der Waals surface area contributed by atoms with E-state index in [2.05, 4.69) is 0 Å². The minimum absolute atomic E-state index is 0.150. The van der Waals surface area contributed by atoms with E-state index in [1.54, 1.807) is 11.8 Å². The van der Waals surface area contributed by atoms with Crippen LogP contribution in [0.5, 0.6) is 0 Å². The maximum atomic E-state index is 12.3. The molecule has 1 aliphatic rings. The van der Waals surface area contributed by atoms with Gasteiger partial charge in [0.05, 0.1) is 10.5 Å². The summed E-state index contributed by atoms with van der Waals surface area (Å²) in [5.74, 6) is -0.193. The van der Waals surface area contributed by atoms with Gasteiger partial charge in [-0.3, -0.25) is 4.79 Å². The number of benzene rings is 1. The highest BCUT2D eigenvalue weighted by Crippen LogP contribution is 2.22. The Morgan fingerprint density at radius 2 is 1.86 bits per heavy atom. The maximum Gasteiger partial charge on any atom is 0.253 e. The Morgan fingerprint density at radius 3 is 2.29 bits per heavy atom. The van der Waals surface area contributed by atoms with Gasteiger partial charge in [0.2, 0.25) is 10.0 Å². The molecule has 6 nitrogen and oxygen atoms in total. The first-order valence-corrected chi connectivity index (χ1v) is 8.12. The summed E-state index contributed by atoms with van der Waals surface area (Å²) in [6, 6.07) is 5.87. The summed E-state index contributed by atoms with van der Waals surface area (Å²) in [6.45, 7) is 2.50. The third kappa shape index (κ3) is 3.25. The summed E-state index contributed by atoms with van der Waals surface area (Å²) < 4.78 is 25.0. The van der Waals surface area contributed by atoms with Crippen LogP contribution in [-0.2, 0) is 10.0 Å². The van der Waals surface area contributed by atoms with E-state index in [9.17, 15) is 18.3 Å². The number of aliphatic hydroxyl groups is 1. The number of hydrogen-bond donors (Lipinski definition) is 1.